The Morgan fingerprint density at radius 3 is 2.79 bits per heavy atom. The van der Waals surface area contributed by atoms with Crippen LogP contribution in [0.15, 0.2) is 12.3 Å². The number of aromatic nitrogens is 3. The molecule has 2 heterocycles. The van der Waals surface area contributed by atoms with Gasteiger partial charge in [0.25, 0.3) is 0 Å². The van der Waals surface area contributed by atoms with E-state index in [0.717, 1.165) is 0 Å². The van der Waals surface area contributed by atoms with Crippen molar-refractivity contribution in [3.63, 3.8) is 0 Å². The van der Waals surface area contributed by atoms with E-state index in [1.165, 1.54) is 13.3 Å². The predicted octanol–water partition coefficient (Wildman–Crippen LogP) is 2.34. The van der Waals surface area contributed by atoms with E-state index in [1.807, 2.05) is 0 Å². The molecule has 0 radical (unpaired) electrons. The fourth-order valence-corrected chi connectivity index (χ4v) is 1.51. The molecule has 0 unspecified atom stereocenters. The summed E-state index contributed by atoms with van der Waals surface area (Å²) in [6.07, 6.45) is 1.54. The molecule has 0 amide bonds. The third-order valence-corrected chi connectivity index (χ3v) is 2.15. The summed E-state index contributed by atoms with van der Waals surface area (Å²) in [6.45, 7) is 0. The molecule has 0 aliphatic carbocycles. The van der Waals surface area contributed by atoms with Gasteiger partial charge in [0.05, 0.1) is 18.8 Å². The number of halogens is 2. The molecular weight excluding hydrogens is 225 g/mol. The highest BCUT2D eigenvalue weighted by Crippen LogP contribution is 2.23. The van der Waals surface area contributed by atoms with Gasteiger partial charge in [0, 0.05) is 11.5 Å². The SMILES string of the molecule is COc1cc2c(Cl)nc(Cl)nc2cn1. The van der Waals surface area contributed by atoms with Crippen LogP contribution in [0, 0.1) is 0 Å². The first-order valence-electron chi connectivity index (χ1n) is 3.73. The molecule has 0 fully saturated rings. The molecule has 4 nitrogen and oxygen atoms in total. The lowest BCUT2D eigenvalue weighted by atomic mass is 10.3. The maximum atomic E-state index is 5.87. The second-order valence-corrected chi connectivity index (χ2v) is 3.22. The van der Waals surface area contributed by atoms with E-state index in [-0.39, 0.29) is 5.28 Å². The van der Waals surface area contributed by atoms with Crippen molar-refractivity contribution in [2.45, 2.75) is 0 Å². The van der Waals surface area contributed by atoms with Crippen molar-refractivity contribution in [3.8, 4) is 5.88 Å². The lowest BCUT2D eigenvalue weighted by molar-refractivity contribution is 0.398. The summed E-state index contributed by atoms with van der Waals surface area (Å²) >= 11 is 11.5. The molecule has 0 aromatic carbocycles. The van der Waals surface area contributed by atoms with Crippen LogP contribution in [0.2, 0.25) is 10.4 Å². The van der Waals surface area contributed by atoms with Gasteiger partial charge in [-0.3, -0.25) is 0 Å². The number of hydrogen-bond donors (Lipinski definition) is 0. The Hall–Kier alpha value is -1.13. The summed E-state index contributed by atoms with van der Waals surface area (Å²) in [6, 6.07) is 1.66. The zero-order valence-corrected chi connectivity index (χ0v) is 8.67. The molecular formula is C8H5Cl2N3O. The number of methoxy groups -OCH3 is 1. The quantitative estimate of drug-likeness (QED) is 0.557. The average Bonchev–Trinajstić information content (AvgIpc) is 2.17. The molecule has 0 saturated carbocycles. The van der Waals surface area contributed by atoms with E-state index in [0.29, 0.717) is 21.9 Å². The lowest BCUT2D eigenvalue weighted by Gasteiger charge is -2.02. The molecule has 0 atom stereocenters. The monoisotopic (exact) mass is 229 g/mol. The zero-order chi connectivity index (χ0) is 10.1. The number of pyridine rings is 1. The van der Waals surface area contributed by atoms with Gasteiger partial charge in [0.15, 0.2) is 0 Å². The molecule has 0 N–H and O–H groups in total. The highest BCUT2D eigenvalue weighted by atomic mass is 35.5. The third kappa shape index (κ3) is 1.58. The van der Waals surface area contributed by atoms with Gasteiger partial charge in [-0.15, -0.1) is 0 Å². The van der Waals surface area contributed by atoms with Gasteiger partial charge in [-0.25, -0.2) is 15.0 Å². The van der Waals surface area contributed by atoms with Crippen molar-refractivity contribution >= 4 is 34.1 Å². The largest absolute Gasteiger partial charge is 0.481 e. The fraction of sp³-hybridized carbons (Fsp3) is 0.125. The Morgan fingerprint density at radius 2 is 2.07 bits per heavy atom. The number of hydrogen-bond acceptors (Lipinski definition) is 4. The molecule has 0 saturated heterocycles. The summed E-state index contributed by atoms with van der Waals surface area (Å²) < 4.78 is 4.95. The second kappa shape index (κ2) is 3.55. The molecule has 0 bridgehead atoms. The van der Waals surface area contributed by atoms with Crippen molar-refractivity contribution in [2.24, 2.45) is 0 Å². The second-order valence-electron chi connectivity index (χ2n) is 2.53. The van der Waals surface area contributed by atoms with Crippen LogP contribution in [-0.4, -0.2) is 22.1 Å². The zero-order valence-electron chi connectivity index (χ0n) is 7.16. The molecule has 2 rings (SSSR count). The summed E-state index contributed by atoms with van der Waals surface area (Å²) in [5, 5.41) is 1.07. The van der Waals surface area contributed by atoms with Crippen LogP contribution in [0.25, 0.3) is 10.9 Å². The van der Waals surface area contributed by atoms with Crippen molar-refractivity contribution < 1.29 is 4.74 Å². The van der Waals surface area contributed by atoms with Gasteiger partial charge in [0.2, 0.25) is 11.2 Å². The van der Waals surface area contributed by atoms with Crippen LogP contribution >= 0.6 is 23.2 Å². The predicted molar refractivity (Wildman–Crippen MR) is 53.9 cm³/mol. The fourth-order valence-electron chi connectivity index (χ4n) is 1.06. The Labute approximate surface area is 89.9 Å². The van der Waals surface area contributed by atoms with E-state index < -0.39 is 0 Å². The average molecular weight is 230 g/mol. The van der Waals surface area contributed by atoms with Crippen molar-refractivity contribution in [1.82, 2.24) is 15.0 Å². The van der Waals surface area contributed by atoms with Gasteiger partial charge in [-0.2, -0.15) is 0 Å². The Morgan fingerprint density at radius 1 is 1.29 bits per heavy atom. The molecule has 2 aromatic rings. The van der Waals surface area contributed by atoms with Gasteiger partial charge in [0.1, 0.15) is 5.15 Å². The number of nitrogens with zero attached hydrogens (tertiary/aromatic N) is 3. The number of rotatable bonds is 1. The van der Waals surface area contributed by atoms with Crippen LogP contribution in [0.4, 0.5) is 0 Å². The third-order valence-electron chi connectivity index (χ3n) is 1.69. The van der Waals surface area contributed by atoms with Gasteiger partial charge >= 0.3 is 0 Å². The minimum atomic E-state index is 0.106. The molecule has 6 heteroatoms. The molecule has 0 aliphatic rings. The first-order chi connectivity index (χ1) is 6.70. The van der Waals surface area contributed by atoms with E-state index in [4.69, 9.17) is 27.9 Å². The van der Waals surface area contributed by atoms with E-state index in [1.54, 1.807) is 6.07 Å². The molecule has 0 spiro atoms. The summed E-state index contributed by atoms with van der Waals surface area (Å²) in [5.41, 5.74) is 0.593. The van der Waals surface area contributed by atoms with Crippen molar-refractivity contribution in [1.29, 1.82) is 0 Å². The topological polar surface area (TPSA) is 47.9 Å². The first kappa shape index (κ1) is 9.43. The van der Waals surface area contributed by atoms with Gasteiger partial charge < -0.3 is 4.74 Å². The van der Waals surface area contributed by atoms with Gasteiger partial charge in [-0.1, -0.05) is 11.6 Å². The maximum absolute atomic E-state index is 5.87. The normalized spacial score (nSPS) is 10.5. The van der Waals surface area contributed by atoms with E-state index in [2.05, 4.69) is 15.0 Å². The minimum Gasteiger partial charge on any atom is -0.481 e. The van der Waals surface area contributed by atoms with Crippen LogP contribution in [0.5, 0.6) is 5.88 Å². The lowest BCUT2D eigenvalue weighted by Crippen LogP contribution is -1.91. The minimum absolute atomic E-state index is 0.106. The summed E-state index contributed by atoms with van der Waals surface area (Å²) in [4.78, 5) is 11.8. The van der Waals surface area contributed by atoms with Crippen molar-refractivity contribution in [3.05, 3.63) is 22.7 Å². The van der Waals surface area contributed by atoms with E-state index >= 15 is 0 Å². The Balaban J connectivity index is 2.75. The van der Waals surface area contributed by atoms with Crippen LogP contribution < -0.4 is 4.74 Å². The Bertz CT molecular complexity index is 489. The molecule has 2 aromatic heterocycles. The van der Waals surface area contributed by atoms with Crippen molar-refractivity contribution in [2.75, 3.05) is 7.11 Å². The standard InChI is InChI=1S/C8H5Cl2N3O/c1-14-6-2-4-5(3-11-6)12-8(10)13-7(4)9/h2-3H,1H3. The smallest absolute Gasteiger partial charge is 0.224 e. The van der Waals surface area contributed by atoms with Crippen LogP contribution in [0.1, 0.15) is 0 Å². The van der Waals surface area contributed by atoms with Gasteiger partial charge in [-0.05, 0) is 11.6 Å². The maximum Gasteiger partial charge on any atom is 0.224 e. The van der Waals surface area contributed by atoms with E-state index in [9.17, 15) is 0 Å². The molecule has 0 aliphatic heterocycles. The number of fused-ring (bicyclic) bond motifs is 1. The highest BCUT2D eigenvalue weighted by molar-refractivity contribution is 6.35. The highest BCUT2D eigenvalue weighted by Gasteiger charge is 2.06. The molecule has 14 heavy (non-hydrogen) atoms. The Kier molecular flexibility index (Phi) is 2.39. The summed E-state index contributed by atoms with van der Waals surface area (Å²) in [5.74, 6) is 0.463. The molecule has 72 valence electrons. The number of ether oxygens (including phenoxy) is 1. The van der Waals surface area contributed by atoms with Crippen LogP contribution in [0.3, 0.4) is 0 Å². The summed E-state index contributed by atoms with van der Waals surface area (Å²) in [7, 11) is 1.53. The van der Waals surface area contributed by atoms with Crippen LogP contribution in [-0.2, 0) is 0 Å². The first-order valence-corrected chi connectivity index (χ1v) is 4.49.